The minimum atomic E-state index is -1.38. The number of benzene rings is 2. The number of para-hydroxylation sites is 1. The zero-order chi connectivity index (χ0) is 23.0. The smallest absolute Gasteiger partial charge is 0.325 e. The van der Waals surface area contributed by atoms with Crippen molar-refractivity contribution in [1.29, 1.82) is 0 Å². The van der Waals surface area contributed by atoms with Crippen LogP contribution in [-0.4, -0.2) is 55.6 Å². The Morgan fingerprint density at radius 3 is 2.55 bits per heavy atom. The van der Waals surface area contributed by atoms with Crippen LogP contribution in [0, 0.1) is 0 Å². The quantitative estimate of drug-likeness (QED) is 0.582. The molecule has 9 heteroatoms. The Balaban J connectivity index is 1.25. The first-order chi connectivity index (χ1) is 15.9. The van der Waals surface area contributed by atoms with Gasteiger partial charge in [-0.15, -0.1) is 0 Å². The number of ether oxygens (including phenoxy) is 1. The predicted molar refractivity (Wildman–Crippen MR) is 122 cm³/mol. The van der Waals surface area contributed by atoms with Crippen LogP contribution in [0.15, 0.2) is 59.0 Å². The van der Waals surface area contributed by atoms with Crippen LogP contribution in [-0.2, 0) is 19.9 Å². The summed E-state index contributed by atoms with van der Waals surface area (Å²) < 4.78 is 11.2. The highest BCUT2D eigenvalue weighted by Crippen LogP contribution is 2.33. The lowest BCUT2D eigenvalue weighted by molar-refractivity contribution is -0.134. The van der Waals surface area contributed by atoms with Crippen molar-refractivity contribution in [3.05, 3.63) is 60.4 Å². The molecule has 2 saturated heterocycles. The van der Waals surface area contributed by atoms with E-state index in [1.54, 1.807) is 31.2 Å². The highest BCUT2D eigenvalue weighted by molar-refractivity contribution is 6.10. The number of hydrogen-bond acceptors (Lipinski definition) is 6. The van der Waals surface area contributed by atoms with E-state index < -0.39 is 29.9 Å². The number of fused-ring (bicyclic) bond motifs is 1. The molecule has 1 unspecified atom stereocenters. The van der Waals surface area contributed by atoms with E-state index in [1.807, 2.05) is 30.3 Å². The Labute approximate surface area is 190 Å². The fraction of sp³-hybridized carbons (Fsp3) is 0.292. The van der Waals surface area contributed by atoms with E-state index in [0.29, 0.717) is 30.2 Å². The molecule has 2 aliphatic rings. The van der Waals surface area contributed by atoms with Gasteiger partial charge in [-0.2, -0.15) is 0 Å². The first-order valence-corrected chi connectivity index (χ1v) is 10.8. The van der Waals surface area contributed by atoms with Crippen molar-refractivity contribution >= 4 is 40.2 Å². The van der Waals surface area contributed by atoms with Gasteiger partial charge >= 0.3 is 6.03 Å². The molecular formula is C24H24N4O5. The lowest BCUT2D eigenvalue weighted by atomic mass is 9.99. The Morgan fingerprint density at radius 1 is 1.09 bits per heavy atom. The summed E-state index contributed by atoms with van der Waals surface area (Å²) in [6.45, 7) is 4.21. The highest BCUT2D eigenvalue weighted by Gasteiger charge is 2.51. The average Bonchev–Trinajstić information content (AvgIpc) is 3.36. The minimum Gasteiger partial charge on any atom is -0.458 e. The molecule has 3 aromatic rings. The molecule has 0 aliphatic carbocycles. The van der Waals surface area contributed by atoms with Crippen LogP contribution in [0.2, 0.25) is 0 Å². The van der Waals surface area contributed by atoms with Gasteiger partial charge in [-0.3, -0.25) is 14.5 Å². The van der Waals surface area contributed by atoms with Gasteiger partial charge < -0.3 is 24.7 Å². The maximum atomic E-state index is 13.1. The molecule has 1 atom stereocenters. The molecule has 2 aliphatic heterocycles. The number of hydrogen-bond donors (Lipinski definition) is 2. The number of urea groups is 1. The number of imide groups is 1. The first kappa shape index (κ1) is 21.0. The number of nitrogens with zero attached hydrogens (tertiary/aromatic N) is 2. The van der Waals surface area contributed by atoms with Gasteiger partial charge in [0, 0.05) is 29.9 Å². The van der Waals surface area contributed by atoms with Crippen LogP contribution in [0.25, 0.3) is 11.0 Å². The first-order valence-electron chi connectivity index (χ1n) is 10.8. The second kappa shape index (κ2) is 8.25. The molecule has 0 saturated carbocycles. The molecular weight excluding hydrogens is 424 g/mol. The van der Waals surface area contributed by atoms with Gasteiger partial charge in [0.25, 0.3) is 5.91 Å². The summed E-state index contributed by atoms with van der Waals surface area (Å²) in [5, 5.41) is 6.24. The number of morpholine rings is 1. The summed E-state index contributed by atoms with van der Waals surface area (Å²) in [6.07, 6.45) is 0. The summed E-state index contributed by atoms with van der Waals surface area (Å²) in [5.74, 6) is -0.681. The van der Waals surface area contributed by atoms with Gasteiger partial charge in [-0.05, 0) is 43.3 Å². The van der Waals surface area contributed by atoms with Crippen LogP contribution in [0.1, 0.15) is 12.7 Å². The number of rotatable bonds is 5. The van der Waals surface area contributed by atoms with Crippen LogP contribution < -0.4 is 15.5 Å². The molecule has 5 rings (SSSR count). The number of carbonyl (C=O) groups excluding carboxylic acids is 3. The summed E-state index contributed by atoms with van der Waals surface area (Å²) in [6, 6.07) is 15.9. The van der Waals surface area contributed by atoms with Gasteiger partial charge in [-0.1, -0.05) is 18.2 Å². The Bertz CT molecular complexity index is 1180. The number of anilines is 2. The third-order valence-electron chi connectivity index (χ3n) is 6.02. The van der Waals surface area contributed by atoms with Gasteiger partial charge in [0.1, 0.15) is 17.9 Å². The van der Waals surface area contributed by atoms with E-state index in [4.69, 9.17) is 9.15 Å². The molecule has 9 nitrogen and oxygen atoms in total. The predicted octanol–water partition coefficient (Wildman–Crippen LogP) is 2.68. The number of carbonyl (C=O) groups is 3. The topological polar surface area (TPSA) is 104 Å². The minimum absolute atomic E-state index is 0.323. The molecule has 0 spiro atoms. The standard InChI is InChI=1S/C24H24N4O5/c1-24(20-14-16-4-2-3-5-19(16)33-20)22(30)28(23(31)26-24)15-21(29)25-17-6-8-18(9-7-17)27-10-12-32-13-11-27/h2-9,14H,10-13,15H2,1H3,(H,25,29)(H,26,31). The Kier molecular flexibility index (Phi) is 5.26. The number of nitrogens with one attached hydrogen (secondary N) is 2. The molecule has 3 heterocycles. The maximum Gasteiger partial charge on any atom is 0.325 e. The van der Waals surface area contributed by atoms with E-state index in [1.165, 1.54) is 0 Å². The van der Waals surface area contributed by atoms with E-state index in [9.17, 15) is 14.4 Å². The normalized spacial score (nSPS) is 20.9. The van der Waals surface area contributed by atoms with Crippen molar-refractivity contribution < 1.29 is 23.5 Å². The lowest BCUT2D eigenvalue weighted by Gasteiger charge is -2.28. The van der Waals surface area contributed by atoms with Crippen LogP contribution >= 0.6 is 0 Å². The van der Waals surface area contributed by atoms with Gasteiger partial charge in [0.2, 0.25) is 5.91 Å². The van der Waals surface area contributed by atoms with Crippen molar-refractivity contribution in [3.63, 3.8) is 0 Å². The molecule has 2 fully saturated rings. The molecule has 170 valence electrons. The summed E-state index contributed by atoms with van der Waals surface area (Å²) in [5.41, 5.74) is 0.875. The molecule has 4 amide bonds. The molecule has 2 N–H and O–H groups in total. The lowest BCUT2D eigenvalue weighted by Crippen LogP contribution is -2.41. The van der Waals surface area contributed by atoms with E-state index >= 15 is 0 Å². The van der Waals surface area contributed by atoms with Crippen LogP contribution in [0.3, 0.4) is 0 Å². The van der Waals surface area contributed by atoms with Crippen molar-refractivity contribution in [2.75, 3.05) is 43.1 Å². The highest BCUT2D eigenvalue weighted by atomic mass is 16.5. The summed E-state index contributed by atoms with van der Waals surface area (Å²) in [7, 11) is 0. The monoisotopic (exact) mass is 448 g/mol. The van der Waals surface area contributed by atoms with Crippen molar-refractivity contribution in [3.8, 4) is 0 Å². The van der Waals surface area contributed by atoms with Gasteiger partial charge in [-0.25, -0.2) is 4.79 Å². The summed E-state index contributed by atoms with van der Waals surface area (Å²) >= 11 is 0. The molecule has 0 radical (unpaired) electrons. The third kappa shape index (κ3) is 3.91. The van der Waals surface area contributed by atoms with E-state index in [-0.39, 0.29) is 0 Å². The van der Waals surface area contributed by atoms with Crippen LogP contribution in [0.5, 0.6) is 0 Å². The average molecular weight is 448 g/mol. The molecule has 33 heavy (non-hydrogen) atoms. The van der Waals surface area contributed by atoms with Crippen molar-refractivity contribution in [1.82, 2.24) is 10.2 Å². The molecule has 2 aromatic carbocycles. The second-order valence-corrected chi connectivity index (χ2v) is 8.29. The largest absolute Gasteiger partial charge is 0.458 e. The molecule has 1 aromatic heterocycles. The zero-order valence-electron chi connectivity index (χ0n) is 18.2. The van der Waals surface area contributed by atoms with Crippen LogP contribution in [0.4, 0.5) is 16.2 Å². The fourth-order valence-electron chi connectivity index (χ4n) is 4.16. The van der Waals surface area contributed by atoms with E-state index in [0.717, 1.165) is 29.1 Å². The second-order valence-electron chi connectivity index (χ2n) is 8.29. The Morgan fingerprint density at radius 2 is 1.82 bits per heavy atom. The van der Waals surface area contributed by atoms with Crippen molar-refractivity contribution in [2.45, 2.75) is 12.5 Å². The Hall–Kier alpha value is -3.85. The SMILES string of the molecule is CC1(c2cc3ccccc3o2)NC(=O)N(CC(=O)Nc2ccc(N3CCOCC3)cc2)C1=O. The van der Waals surface area contributed by atoms with Crippen molar-refractivity contribution in [2.24, 2.45) is 0 Å². The maximum absolute atomic E-state index is 13.1. The van der Waals surface area contributed by atoms with Gasteiger partial charge in [0.05, 0.1) is 13.2 Å². The summed E-state index contributed by atoms with van der Waals surface area (Å²) in [4.78, 5) is 41.4. The zero-order valence-corrected chi connectivity index (χ0v) is 18.2. The number of furan rings is 1. The van der Waals surface area contributed by atoms with E-state index in [2.05, 4.69) is 15.5 Å². The van der Waals surface area contributed by atoms with Gasteiger partial charge in [0.15, 0.2) is 5.54 Å². The fourth-order valence-corrected chi connectivity index (χ4v) is 4.16. The number of amides is 4. The third-order valence-corrected chi connectivity index (χ3v) is 6.02. The molecule has 0 bridgehead atoms.